The number of aromatic amines is 1. The molecule has 0 radical (unpaired) electrons. The fourth-order valence-corrected chi connectivity index (χ4v) is 2.90. The maximum atomic E-state index is 12.0. The van der Waals surface area contributed by atoms with E-state index in [1.807, 2.05) is 41.8 Å². The highest BCUT2D eigenvalue weighted by atomic mass is 79.9. The second kappa shape index (κ2) is 5.19. The molecule has 0 spiro atoms. The van der Waals surface area contributed by atoms with Crippen LogP contribution in [0, 0.1) is 0 Å². The summed E-state index contributed by atoms with van der Waals surface area (Å²) in [6.07, 6.45) is 0. The van der Waals surface area contributed by atoms with Crippen LogP contribution in [0.25, 0.3) is 10.9 Å². The van der Waals surface area contributed by atoms with Crippen molar-refractivity contribution >= 4 is 44.1 Å². The summed E-state index contributed by atoms with van der Waals surface area (Å²) in [7, 11) is 0. The molecule has 19 heavy (non-hydrogen) atoms. The fourth-order valence-electron chi connectivity index (χ4n) is 1.90. The molecule has 0 bridgehead atoms. The summed E-state index contributed by atoms with van der Waals surface area (Å²) in [5.74, 6) is -0.0827. The van der Waals surface area contributed by atoms with Gasteiger partial charge in [0.25, 0.3) is 5.91 Å². The molecule has 1 amide bonds. The first-order valence-corrected chi connectivity index (χ1v) is 7.48. The van der Waals surface area contributed by atoms with E-state index >= 15 is 0 Å². The molecule has 1 aromatic carbocycles. The highest BCUT2D eigenvalue weighted by molar-refractivity contribution is 9.10. The van der Waals surface area contributed by atoms with E-state index in [2.05, 4.69) is 26.2 Å². The summed E-state index contributed by atoms with van der Waals surface area (Å²) < 4.78 is 0.993. The Kier molecular flexibility index (Phi) is 3.40. The monoisotopic (exact) mass is 334 g/mol. The lowest BCUT2D eigenvalue weighted by atomic mass is 10.2. The average molecular weight is 335 g/mol. The van der Waals surface area contributed by atoms with Gasteiger partial charge >= 0.3 is 0 Å². The van der Waals surface area contributed by atoms with Gasteiger partial charge in [-0.1, -0.05) is 28.1 Å². The molecule has 2 N–H and O–H groups in total. The van der Waals surface area contributed by atoms with Crippen LogP contribution in [0.3, 0.4) is 0 Å². The van der Waals surface area contributed by atoms with Gasteiger partial charge in [0, 0.05) is 20.3 Å². The predicted octanol–water partition coefficient (Wildman–Crippen LogP) is 3.92. The van der Waals surface area contributed by atoms with Gasteiger partial charge in [-0.05, 0) is 29.6 Å². The number of carbonyl (C=O) groups excluding carboxylic acids is 1. The van der Waals surface area contributed by atoms with Crippen LogP contribution in [0.15, 0.2) is 46.3 Å². The van der Waals surface area contributed by atoms with Gasteiger partial charge in [-0.25, -0.2) is 0 Å². The number of H-pyrrole nitrogens is 1. The van der Waals surface area contributed by atoms with Crippen LogP contribution >= 0.6 is 27.3 Å². The van der Waals surface area contributed by atoms with Crippen molar-refractivity contribution < 1.29 is 4.79 Å². The van der Waals surface area contributed by atoms with Crippen LogP contribution in [0.5, 0.6) is 0 Å². The van der Waals surface area contributed by atoms with Crippen molar-refractivity contribution in [2.45, 2.75) is 6.54 Å². The topological polar surface area (TPSA) is 44.9 Å². The second-order valence-electron chi connectivity index (χ2n) is 4.18. The van der Waals surface area contributed by atoms with E-state index in [4.69, 9.17) is 0 Å². The number of thiophene rings is 1. The number of hydrogen-bond donors (Lipinski definition) is 2. The average Bonchev–Trinajstić information content (AvgIpc) is 3.04. The summed E-state index contributed by atoms with van der Waals surface area (Å²) in [6, 6.07) is 11.8. The van der Waals surface area contributed by atoms with Crippen molar-refractivity contribution in [2.24, 2.45) is 0 Å². The van der Waals surface area contributed by atoms with E-state index in [0.717, 1.165) is 20.3 Å². The van der Waals surface area contributed by atoms with Gasteiger partial charge < -0.3 is 10.3 Å². The number of fused-ring (bicyclic) bond motifs is 1. The molecule has 0 aliphatic heterocycles. The van der Waals surface area contributed by atoms with Gasteiger partial charge in [-0.2, -0.15) is 0 Å². The Morgan fingerprint density at radius 2 is 2.21 bits per heavy atom. The molecule has 96 valence electrons. The van der Waals surface area contributed by atoms with Gasteiger partial charge in [0.1, 0.15) is 5.69 Å². The van der Waals surface area contributed by atoms with Crippen LogP contribution in [0.1, 0.15) is 15.4 Å². The van der Waals surface area contributed by atoms with E-state index in [-0.39, 0.29) is 5.91 Å². The van der Waals surface area contributed by atoms with E-state index in [9.17, 15) is 4.79 Å². The third-order valence-corrected chi connectivity index (χ3v) is 4.20. The van der Waals surface area contributed by atoms with Gasteiger partial charge in [-0.3, -0.25) is 4.79 Å². The van der Waals surface area contributed by atoms with E-state index in [0.29, 0.717) is 12.2 Å². The summed E-state index contributed by atoms with van der Waals surface area (Å²) in [4.78, 5) is 16.3. The summed E-state index contributed by atoms with van der Waals surface area (Å²) >= 11 is 5.05. The standard InChI is InChI=1S/C14H11BrN2OS/c15-10-4-3-9-6-13(17-12(9)7-10)14(18)16-8-11-2-1-5-19-11/h1-7,17H,8H2,(H,16,18). The van der Waals surface area contributed by atoms with Gasteiger partial charge in [0.2, 0.25) is 0 Å². The molecule has 3 rings (SSSR count). The molecule has 5 heteroatoms. The molecule has 0 saturated heterocycles. The Labute approximate surface area is 122 Å². The van der Waals surface area contributed by atoms with E-state index in [1.165, 1.54) is 0 Å². The zero-order valence-corrected chi connectivity index (χ0v) is 12.3. The largest absolute Gasteiger partial charge is 0.350 e. The molecule has 0 aliphatic rings. The lowest BCUT2D eigenvalue weighted by molar-refractivity contribution is 0.0947. The lowest BCUT2D eigenvalue weighted by Crippen LogP contribution is -2.22. The first-order chi connectivity index (χ1) is 9.22. The Morgan fingerprint density at radius 3 is 3.00 bits per heavy atom. The SMILES string of the molecule is O=C(NCc1cccs1)c1cc2ccc(Br)cc2[nH]1. The minimum Gasteiger partial charge on any atom is -0.350 e. The van der Waals surface area contributed by atoms with Crippen molar-refractivity contribution in [2.75, 3.05) is 0 Å². The predicted molar refractivity (Wildman–Crippen MR) is 81.5 cm³/mol. The molecule has 0 saturated carbocycles. The Hall–Kier alpha value is -1.59. The number of hydrogen-bond acceptors (Lipinski definition) is 2. The normalized spacial score (nSPS) is 10.8. The van der Waals surface area contributed by atoms with Gasteiger partial charge in [0.15, 0.2) is 0 Å². The van der Waals surface area contributed by atoms with Crippen LogP contribution in [-0.2, 0) is 6.54 Å². The number of nitrogens with one attached hydrogen (secondary N) is 2. The van der Waals surface area contributed by atoms with Crippen molar-refractivity contribution in [3.05, 3.63) is 56.8 Å². The number of rotatable bonds is 3. The van der Waals surface area contributed by atoms with Crippen LogP contribution in [-0.4, -0.2) is 10.9 Å². The molecule has 2 aromatic heterocycles. The lowest BCUT2D eigenvalue weighted by Gasteiger charge is -2.00. The quantitative estimate of drug-likeness (QED) is 0.749. The highest BCUT2D eigenvalue weighted by Crippen LogP contribution is 2.20. The van der Waals surface area contributed by atoms with Crippen LogP contribution < -0.4 is 5.32 Å². The summed E-state index contributed by atoms with van der Waals surface area (Å²) in [6.45, 7) is 0.565. The highest BCUT2D eigenvalue weighted by Gasteiger charge is 2.09. The fraction of sp³-hybridized carbons (Fsp3) is 0.0714. The molecule has 0 atom stereocenters. The summed E-state index contributed by atoms with van der Waals surface area (Å²) in [5, 5.41) is 5.94. The van der Waals surface area contributed by atoms with Crippen molar-refractivity contribution in [3.8, 4) is 0 Å². The number of halogens is 1. The third-order valence-electron chi connectivity index (χ3n) is 2.83. The Balaban J connectivity index is 1.77. The van der Waals surface area contributed by atoms with Gasteiger partial charge in [0.05, 0.1) is 6.54 Å². The molecule has 0 unspecified atom stereocenters. The van der Waals surface area contributed by atoms with Crippen LogP contribution in [0.2, 0.25) is 0 Å². The van der Waals surface area contributed by atoms with Crippen LogP contribution in [0.4, 0.5) is 0 Å². The number of aromatic nitrogens is 1. The molecule has 0 fully saturated rings. The molecule has 2 heterocycles. The number of amides is 1. The first kappa shape index (κ1) is 12.4. The zero-order chi connectivity index (χ0) is 13.2. The maximum absolute atomic E-state index is 12.0. The number of carbonyl (C=O) groups is 1. The smallest absolute Gasteiger partial charge is 0.268 e. The zero-order valence-electron chi connectivity index (χ0n) is 9.94. The molecule has 0 aliphatic carbocycles. The van der Waals surface area contributed by atoms with E-state index < -0.39 is 0 Å². The molecule has 3 aromatic rings. The number of benzene rings is 1. The molecular formula is C14H11BrN2OS. The minimum absolute atomic E-state index is 0.0827. The van der Waals surface area contributed by atoms with Crippen molar-refractivity contribution in [3.63, 3.8) is 0 Å². The van der Waals surface area contributed by atoms with Crippen molar-refractivity contribution in [1.29, 1.82) is 0 Å². The third kappa shape index (κ3) is 2.72. The maximum Gasteiger partial charge on any atom is 0.268 e. The van der Waals surface area contributed by atoms with Crippen molar-refractivity contribution in [1.82, 2.24) is 10.3 Å². The summed E-state index contributed by atoms with van der Waals surface area (Å²) in [5.41, 5.74) is 1.54. The second-order valence-corrected chi connectivity index (χ2v) is 6.12. The Morgan fingerprint density at radius 1 is 1.32 bits per heavy atom. The van der Waals surface area contributed by atoms with E-state index in [1.54, 1.807) is 11.3 Å². The first-order valence-electron chi connectivity index (χ1n) is 5.81. The molecule has 3 nitrogen and oxygen atoms in total. The molecular weight excluding hydrogens is 324 g/mol. The minimum atomic E-state index is -0.0827. The Bertz CT molecular complexity index is 718. The van der Waals surface area contributed by atoms with Gasteiger partial charge in [-0.15, -0.1) is 11.3 Å².